The van der Waals surface area contributed by atoms with Gasteiger partial charge in [-0.15, -0.1) is 24.8 Å². The number of esters is 1. The van der Waals surface area contributed by atoms with Crippen LogP contribution in [0.15, 0.2) is 0 Å². The molecule has 0 aromatic rings. The summed E-state index contributed by atoms with van der Waals surface area (Å²) in [6.07, 6.45) is 4.91. The van der Waals surface area contributed by atoms with Gasteiger partial charge in [0.1, 0.15) is 0 Å². The first-order valence-corrected chi connectivity index (χ1v) is 10.4. The minimum absolute atomic E-state index is 0. The first-order chi connectivity index (χ1) is 13.2. The molecule has 3 aliphatic rings. The summed E-state index contributed by atoms with van der Waals surface area (Å²) in [5, 5.41) is 6.63. The van der Waals surface area contributed by atoms with Gasteiger partial charge in [0, 0.05) is 51.4 Å². The normalized spacial score (nSPS) is 24.2. The van der Waals surface area contributed by atoms with E-state index in [0.29, 0.717) is 19.0 Å². The largest absolute Gasteiger partial charge is 0.469 e. The summed E-state index contributed by atoms with van der Waals surface area (Å²) < 4.78 is 4.71. The van der Waals surface area contributed by atoms with Crippen molar-refractivity contribution in [1.82, 2.24) is 25.3 Å². The molecule has 2 amide bonds. The number of hydrogen-bond donors (Lipinski definition) is 2. The lowest BCUT2D eigenvalue weighted by Crippen LogP contribution is -2.58. The maximum Gasteiger partial charge on any atom is 0.317 e. The molecule has 0 aromatic carbocycles. The minimum Gasteiger partial charge on any atom is -0.469 e. The number of amides is 2. The predicted octanol–water partition coefficient (Wildman–Crippen LogP) is 0.937. The Labute approximate surface area is 186 Å². The van der Waals surface area contributed by atoms with E-state index in [0.717, 1.165) is 65.2 Å². The van der Waals surface area contributed by atoms with Crippen LogP contribution in [0.1, 0.15) is 32.1 Å². The smallest absolute Gasteiger partial charge is 0.317 e. The molecular weight excluding hydrogens is 417 g/mol. The quantitative estimate of drug-likeness (QED) is 0.603. The van der Waals surface area contributed by atoms with E-state index in [-0.39, 0.29) is 42.9 Å². The molecule has 3 aliphatic heterocycles. The Morgan fingerprint density at radius 2 is 1.72 bits per heavy atom. The molecule has 2 N–H and O–H groups in total. The van der Waals surface area contributed by atoms with Crippen molar-refractivity contribution in [3.05, 3.63) is 0 Å². The van der Waals surface area contributed by atoms with Crippen molar-refractivity contribution in [2.75, 3.05) is 66.0 Å². The molecule has 0 aliphatic carbocycles. The second-order valence-electron chi connectivity index (χ2n) is 7.92. The number of carbonyl (C=O) groups excluding carboxylic acids is 2. The first-order valence-electron chi connectivity index (χ1n) is 10.4. The molecule has 3 rings (SSSR count). The van der Waals surface area contributed by atoms with E-state index in [1.807, 2.05) is 4.90 Å². The number of rotatable bonds is 5. The van der Waals surface area contributed by atoms with Crippen LogP contribution in [0.2, 0.25) is 0 Å². The lowest BCUT2D eigenvalue weighted by atomic mass is 10.0. The van der Waals surface area contributed by atoms with Gasteiger partial charge in [-0.25, -0.2) is 4.79 Å². The van der Waals surface area contributed by atoms with E-state index in [4.69, 9.17) is 4.74 Å². The lowest BCUT2D eigenvalue weighted by Gasteiger charge is -2.41. The Kier molecular flexibility index (Phi) is 12.2. The number of urea groups is 1. The third-order valence-corrected chi connectivity index (χ3v) is 6.12. The number of hydrogen-bond acceptors (Lipinski definition) is 6. The molecule has 0 radical (unpaired) electrons. The molecular formula is C19H37Cl2N5O3. The monoisotopic (exact) mass is 453 g/mol. The minimum atomic E-state index is -0.173. The highest BCUT2D eigenvalue weighted by Gasteiger charge is 2.29. The van der Waals surface area contributed by atoms with Gasteiger partial charge >= 0.3 is 12.0 Å². The Bertz CT molecular complexity index is 500. The summed E-state index contributed by atoms with van der Waals surface area (Å²) >= 11 is 0. The van der Waals surface area contributed by atoms with Crippen LogP contribution in [0, 0.1) is 0 Å². The van der Waals surface area contributed by atoms with E-state index in [1.165, 1.54) is 20.0 Å². The summed E-state index contributed by atoms with van der Waals surface area (Å²) in [5.41, 5.74) is 0. The molecule has 29 heavy (non-hydrogen) atoms. The van der Waals surface area contributed by atoms with Crippen LogP contribution in [0.25, 0.3) is 0 Å². The van der Waals surface area contributed by atoms with Gasteiger partial charge in [0.25, 0.3) is 0 Å². The summed E-state index contributed by atoms with van der Waals surface area (Å²) in [7, 11) is 1.42. The van der Waals surface area contributed by atoms with Crippen LogP contribution < -0.4 is 10.6 Å². The molecule has 8 nitrogen and oxygen atoms in total. The molecule has 0 spiro atoms. The topological polar surface area (TPSA) is 77.2 Å². The Morgan fingerprint density at radius 3 is 2.38 bits per heavy atom. The third-order valence-electron chi connectivity index (χ3n) is 6.12. The molecule has 3 heterocycles. The molecule has 170 valence electrons. The fourth-order valence-corrected chi connectivity index (χ4v) is 4.46. The van der Waals surface area contributed by atoms with Gasteiger partial charge in [-0.3, -0.25) is 9.69 Å². The van der Waals surface area contributed by atoms with Crippen LogP contribution in [-0.4, -0.2) is 105 Å². The summed E-state index contributed by atoms with van der Waals surface area (Å²) in [4.78, 5) is 30.8. The highest BCUT2D eigenvalue weighted by atomic mass is 35.5. The number of nitrogens with one attached hydrogen (secondary N) is 2. The van der Waals surface area contributed by atoms with E-state index < -0.39 is 0 Å². The fraction of sp³-hybridized carbons (Fsp3) is 0.895. The van der Waals surface area contributed by atoms with E-state index in [9.17, 15) is 9.59 Å². The molecule has 0 saturated carbocycles. The molecule has 1 unspecified atom stereocenters. The Balaban J connectivity index is 0.00000210. The summed E-state index contributed by atoms with van der Waals surface area (Å²) in [6.45, 7) is 8.31. The molecule has 3 saturated heterocycles. The number of piperidine rings is 2. The second-order valence-corrected chi connectivity index (χ2v) is 7.92. The zero-order valence-corrected chi connectivity index (χ0v) is 19.1. The zero-order chi connectivity index (χ0) is 19.1. The number of piperazine rings is 1. The van der Waals surface area contributed by atoms with Gasteiger partial charge in [-0.05, 0) is 45.3 Å². The van der Waals surface area contributed by atoms with Gasteiger partial charge in [-0.1, -0.05) is 0 Å². The number of halogens is 2. The van der Waals surface area contributed by atoms with Gasteiger partial charge in [0.05, 0.1) is 13.5 Å². The van der Waals surface area contributed by atoms with Crippen molar-refractivity contribution in [1.29, 1.82) is 0 Å². The number of ether oxygens (including phenoxy) is 1. The van der Waals surface area contributed by atoms with Gasteiger partial charge in [-0.2, -0.15) is 0 Å². The van der Waals surface area contributed by atoms with Crippen molar-refractivity contribution in [2.45, 2.75) is 44.2 Å². The van der Waals surface area contributed by atoms with Crippen LogP contribution >= 0.6 is 24.8 Å². The average Bonchev–Trinajstić information content (AvgIpc) is 2.73. The predicted molar refractivity (Wildman–Crippen MR) is 118 cm³/mol. The Morgan fingerprint density at radius 1 is 1.03 bits per heavy atom. The van der Waals surface area contributed by atoms with Gasteiger partial charge in [0.2, 0.25) is 0 Å². The van der Waals surface area contributed by atoms with Crippen LogP contribution in [0.3, 0.4) is 0 Å². The van der Waals surface area contributed by atoms with Crippen LogP contribution in [0.4, 0.5) is 4.79 Å². The van der Waals surface area contributed by atoms with Gasteiger partial charge in [0.15, 0.2) is 0 Å². The summed E-state index contributed by atoms with van der Waals surface area (Å²) in [5.74, 6) is -0.173. The standard InChI is InChI=1S/C19H35N5O3.2ClH/c1-27-18(25)6-10-22-9-2-3-16(15-22)21-19(26)24-13-11-23(12-14-24)17-4-7-20-8-5-17;;/h16-17,20H,2-15H2,1H3,(H,21,26);2*1H. The van der Waals surface area contributed by atoms with Crippen molar-refractivity contribution < 1.29 is 14.3 Å². The Hall–Kier alpha value is -0.800. The van der Waals surface area contributed by atoms with Crippen molar-refractivity contribution in [3.63, 3.8) is 0 Å². The van der Waals surface area contributed by atoms with Crippen LogP contribution in [0.5, 0.6) is 0 Å². The molecule has 10 heteroatoms. The highest BCUT2D eigenvalue weighted by Crippen LogP contribution is 2.15. The molecule has 0 aromatic heterocycles. The van der Waals surface area contributed by atoms with Crippen molar-refractivity contribution in [3.8, 4) is 0 Å². The second kappa shape index (κ2) is 13.5. The van der Waals surface area contributed by atoms with E-state index in [1.54, 1.807) is 0 Å². The maximum absolute atomic E-state index is 12.7. The number of likely N-dealkylation sites (tertiary alicyclic amines) is 1. The van der Waals surface area contributed by atoms with Crippen LogP contribution in [-0.2, 0) is 9.53 Å². The molecule has 3 fully saturated rings. The highest BCUT2D eigenvalue weighted by molar-refractivity contribution is 5.85. The lowest BCUT2D eigenvalue weighted by molar-refractivity contribution is -0.141. The van der Waals surface area contributed by atoms with E-state index >= 15 is 0 Å². The average molecular weight is 454 g/mol. The number of nitrogens with zero attached hydrogens (tertiary/aromatic N) is 3. The SMILES string of the molecule is COC(=O)CCN1CCCC(NC(=O)N2CCN(C3CCNCC3)CC2)C1.Cl.Cl. The zero-order valence-electron chi connectivity index (χ0n) is 17.4. The molecule has 0 bridgehead atoms. The number of carbonyl (C=O) groups is 2. The van der Waals surface area contributed by atoms with Crippen molar-refractivity contribution >= 4 is 36.8 Å². The maximum atomic E-state index is 12.7. The molecule has 1 atom stereocenters. The van der Waals surface area contributed by atoms with E-state index in [2.05, 4.69) is 20.4 Å². The first kappa shape index (κ1) is 26.2. The third kappa shape index (κ3) is 8.09. The summed E-state index contributed by atoms with van der Waals surface area (Å²) in [6, 6.07) is 0.921. The number of methoxy groups -OCH3 is 1. The van der Waals surface area contributed by atoms with Crippen molar-refractivity contribution in [2.24, 2.45) is 0 Å². The fourth-order valence-electron chi connectivity index (χ4n) is 4.46. The van der Waals surface area contributed by atoms with Gasteiger partial charge < -0.3 is 25.2 Å².